The van der Waals surface area contributed by atoms with Gasteiger partial charge in [0.2, 0.25) is 5.91 Å². The van der Waals surface area contributed by atoms with Gasteiger partial charge < -0.3 is 10.6 Å². The van der Waals surface area contributed by atoms with E-state index in [-0.39, 0.29) is 12.1 Å². The molecule has 4 rings (SSSR count). The zero-order valence-electron chi connectivity index (χ0n) is 18.2. The minimum Gasteiger partial charge on any atom is -0.366 e. The van der Waals surface area contributed by atoms with Crippen molar-refractivity contribution in [3.63, 3.8) is 0 Å². The van der Waals surface area contributed by atoms with Gasteiger partial charge in [-0.15, -0.1) is 0 Å². The molecule has 5 nitrogen and oxygen atoms in total. The second-order valence-electron chi connectivity index (χ2n) is 8.20. The van der Waals surface area contributed by atoms with Crippen LogP contribution < -0.4 is 10.6 Å². The first-order valence-corrected chi connectivity index (χ1v) is 11.5. The van der Waals surface area contributed by atoms with E-state index in [0.717, 1.165) is 30.9 Å². The molecule has 1 aliphatic rings. The Balaban J connectivity index is 1.65. The summed E-state index contributed by atoms with van der Waals surface area (Å²) in [6.07, 6.45) is 0. The first-order valence-electron chi connectivity index (χ1n) is 10.7. The Morgan fingerprint density at radius 3 is 2.36 bits per heavy atom. The van der Waals surface area contributed by atoms with Crippen molar-refractivity contribution in [1.82, 2.24) is 4.90 Å². The Hall–Kier alpha value is -3.04. The van der Waals surface area contributed by atoms with Crippen LogP contribution in [-0.4, -0.2) is 30.4 Å². The maximum Gasteiger partial charge on any atom is 0.248 e. The van der Waals surface area contributed by atoms with Crippen molar-refractivity contribution >= 4 is 34.8 Å². The lowest BCUT2D eigenvalue weighted by atomic mass is 9.98. The number of carbonyl (C=O) groups excluding carboxylic acids is 1. The SMILES string of the molecule is C[C@H](c1ccc(C#N)cc1)N1CCN(c2ccc(C(N)=O)cc2Cl)[C@H](c2ccc(Cl)cc2)C1. The van der Waals surface area contributed by atoms with Gasteiger partial charge in [-0.3, -0.25) is 9.69 Å². The standard InChI is InChI=1S/C26H24Cl2N4O/c1-17(19-4-2-18(15-29)3-5-19)31-12-13-32(24-11-8-21(26(30)33)14-23(24)28)25(16-31)20-6-9-22(27)10-7-20/h2-11,14,17,25H,12-13,16H2,1H3,(H2,30,33)/t17-,25+/m1/s1. The van der Waals surface area contributed by atoms with Crippen LogP contribution in [0.25, 0.3) is 0 Å². The summed E-state index contributed by atoms with van der Waals surface area (Å²) >= 11 is 12.7. The van der Waals surface area contributed by atoms with Gasteiger partial charge in [-0.1, -0.05) is 47.5 Å². The second kappa shape index (κ2) is 9.84. The van der Waals surface area contributed by atoms with Gasteiger partial charge in [-0.05, 0) is 60.5 Å². The Bertz CT molecular complexity index is 1190. The number of nitrogens with zero attached hydrogens (tertiary/aromatic N) is 3. The average Bonchev–Trinajstić information content (AvgIpc) is 2.84. The number of rotatable bonds is 5. The summed E-state index contributed by atoms with van der Waals surface area (Å²) < 4.78 is 0. The van der Waals surface area contributed by atoms with E-state index in [0.29, 0.717) is 21.2 Å². The third-order valence-electron chi connectivity index (χ3n) is 6.28. The second-order valence-corrected chi connectivity index (χ2v) is 9.04. The fourth-order valence-corrected chi connectivity index (χ4v) is 4.77. The zero-order valence-corrected chi connectivity index (χ0v) is 19.7. The molecular weight excluding hydrogens is 455 g/mol. The quantitative estimate of drug-likeness (QED) is 0.518. The minimum atomic E-state index is -0.501. The number of nitrogens with two attached hydrogens (primary N) is 1. The van der Waals surface area contributed by atoms with E-state index in [2.05, 4.69) is 22.8 Å². The van der Waals surface area contributed by atoms with E-state index in [1.54, 1.807) is 12.1 Å². The van der Waals surface area contributed by atoms with Crippen molar-refractivity contribution in [3.05, 3.63) is 99.0 Å². The van der Waals surface area contributed by atoms with Crippen LogP contribution in [0.2, 0.25) is 10.0 Å². The lowest BCUT2D eigenvalue weighted by Gasteiger charge is -2.45. The van der Waals surface area contributed by atoms with E-state index >= 15 is 0 Å². The van der Waals surface area contributed by atoms with E-state index in [9.17, 15) is 4.79 Å². The predicted octanol–water partition coefficient (Wildman–Crippen LogP) is 5.59. The molecule has 1 aliphatic heterocycles. The van der Waals surface area contributed by atoms with E-state index < -0.39 is 5.91 Å². The van der Waals surface area contributed by atoms with Crippen LogP contribution in [0, 0.1) is 11.3 Å². The Kier molecular flexibility index (Phi) is 6.90. The maximum absolute atomic E-state index is 11.6. The highest BCUT2D eigenvalue weighted by Crippen LogP contribution is 2.38. The highest BCUT2D eigenvalue weighted by molar-refractivity contribution is 6.33. The third kappa shape index (κ3) is 4.99. The molecule has 0 aromatic heterocycles. The van der Waals surface area contributed by atoms with Crippen molar-refractivity contribution in [3.8, 4) is 6.07 Å². The molecule has 2 atom stereocenters. The molecule has 0 saturated carbocycles. The Labute approximate surface area is 203 Å². The molecule has 3 aromatic carbocycles. The van der Waals surface area contributed by atoms with Crippen LogP contribution >= 0.6 is 23.2 Å². The highest BCUT2D eigenvalue weighted by Gasteiger charge is 2.32. The largest absolute Gasteiger partial charge is 0.366 e. The van der Waals surface area contributed by atoms with Gasteiger partial charge in [0.05, 0.1) is 28.4 Å². The molecular formula is C26H24Cl2N4O. The number of hydrogen-bond donors (Lipinski definition) is 1. The topological polar surface area (TPSA) is 73.4 Å². The molecule has 0 unspecified atom stereocenters. The number of halogens is 2. The third-order valence-corrected chi connectivity index (χ3v) is 6.83. The summed E-state index contributed by atoms with van der Waals surface area (Å²) in [5.41, 5.74) is 9.63. The van der Waals surface area contributed by atoms with Crippen LogP contribution in [0.3, 0.4) is 0 Å². The van der Waals surface area contributed by atoms with Gasteiger partial charge in [-0.2, -0.15) is 5.26 Å². The smallest absolute Gasteiger partial charge is 0.248 e. The summed E-state index contributed by atoms with van der Waals surface area (Å²) in [6.45, 7) is 4.55. The van der Waals surface area contributed by atoms with Crippen molar-refractivity contribution in [2.24, 2.45) is 5.73 Å². The van der Waals surface area contributed by atoms with E-state index in [1.165, 1.54) is 5.56 Å². The number of carbonyl (C=O) groups is 1. The molecule has 33 heavy (non-hydrogen) atoms. The van der Waals surface area contributed by atoms with Crippen LogP contribution in [-0.2, 0) is 0 Å². The predicted molar refractivity (Wildman–Crippen MR) is 133 cm³/mol. The van der Waals surface area contributed by atoms with Gasteiger partial charge in [0.25, 0.3) is 0 Å². The first-order chi connectivity index (χ1) is 15.9. The minimum absolute atomic E-state index is 0.0359. The van der Waals surface area contributed by atoms with Crippen LogP contribution in [0.4, 0.5) is 5.69 Å². The summed E-state index contributed by atoms with van der Waals surface area (Å²) in [6, 6.07) is 23.2. The summed E-state index contributed by atoms with van der Waals surface area (Å²) in [7, 11) is 0. The highest BCUT2D eigenvalue weighted by atomic mass is 35.5. The zero-order chi connectivity index (χ0) is 23.5. The van der Waals surface area contributed by atoms with E-state index in [1.807, 2.05) is 54.6 Å². The maximum atomic E-state index is 11.6. The Morgan fingerprint density at radius 2 is 1.76 bits per heavy atom. The molecule has 1 saturated heterocycles. The lowest BCUT2D eigenvalue weighted by Crippen LogP contribution is -2.49. The number of primary amides is 1. The molecule has 168 valence electrons. The normalized spacial score (nSPS) is 17.4. The molecule has 0 bridgehead atoms. The number of benzene rings is 3. The first kappa shape index (κ1) is 23.1. The van der Waals surface area contributed by atoms with Crippen molar-refractivity contribution in [2.75, 3.05) is 24.5 Å². The van der Waals surface area contributed by atoms with Gasteiger partial charge in [0.1, 0.15) is 0 Å². The molecule has 0 spiro atoms. The molecule has 2 N–H and O–H groups in total. The van der Waals surface area contributed by atoms with Crippen LogP contribution in [0.5, 0.6) is 0 Å². The summed E-state index contributed by atoms with van der Waals surface area (Å²) in [5.74, 6) is -0.501. The fourth-order valence-electron chi connectivity index (χ4n) is 4.35. The number of nitriles is 1. The van der Waals surface area contributed by atoms with Gasteiger partial charge in [0, 0.05) is 36.3 Å². The molecule has 1 fully saturated rings. The molecule has 0 aliphatic carbocycles. The van der Waals surface area contributed by atoms with Crippen LogP contribution in [0.15, 0.2) is 66.7 Å². The monoisotopic (exact) mass is 478 g/mol. The number of piperazine rings is 1. The number of hydrogen-bond acceptors (Lipinski definition) is 4. The molecule has 3 aromatic rings. The van der Waals surface area contributed by atoms with Gasteiger partial charge in [0.15, 0.2) is 0 Å². The summed E-state index contributed by atoms with van der Waals surface area (Å²) in [5, 5.41) is 10.3. The van der Waals surface area contributed by atoms with Crippen molar-refractivity contribution in [1.29, 1.82) is 5.26 Å². The van der Waals surface area contributed by atoms with Crippen molar-refractivity contribution in [2.45, 2.75) is 19.0 Å². The van der Waals surface area contributed by atoms with Crippen LogP contribution in [0.1, 0.15) is 46.1 Å². The molecule has 7 heteroatoms. The van der Waals surface area contributed by atoms with Crippen molar-refractivity contribution < 1.29 is 4.79 Å². The van der Waals surface area contributed by atoms with E-state index in [4.69, 9.17) is 34.2 Å². The fraction of sp³-hybridized carbons (Fsp3) is 0.231. The van der Waals surface area contributed by atoms with Gasteiger partial charge in [-0.25, -0.2) is 0 Å². The Morgan fingerprint density at radius 1 is 1.06 bits per heavy atom. The number of amides is 1. The molecule has 0 radical (unpaired) electrons. The average molecular weight is 479 g/mol. The molecule has 1 amide bonds. The summed E-state index contributed by atoms with van der Waals surface area (Å²) in [4.78, 5) is 16.3. The lowest BCUT2D eigenvalue weighted by molar-refractivity contribution is 0.100. The number of anilines is 1. The molecule has 1 heterocycles. The van der Waals surface area contributed by atoms with Gasteiger partial charge >= 0.3 is 0 Å².